The number of pyridine rings is 1. The van der Waals surface area contributed by atoms with Crippen molar-refractivity contribution < 1.29 is 27.0 Å². The van der Waals surface area contributed by atoms with Gasteiger partial charge in [0.2, 0.25) is 5.88 Å². The Kier molecular flexibility index (Phi) is 6.81. The molecule has 0 atom stereocenters. The molecular formula is C28H23F4N5O2. The van der Waals surface area contributed by atoms with Gasteiger partial charge in [0.05, 0.1) is 40.6 Å². The van der Waals surface area contributed by atoms with Gasteiger partial charge < -0.3 is 19.4 Å². The van der Waals surface area contributed by atoms with Gasteiger partial charge in [-0.15, -0.1) is 13.2 Å². The standard InChI is InChI=1S/C28H23F4N5O2/c1-16(2)34-22-15-26-24(14-21(22)35-20-5-4-12-33-27(20)38-3)36-23-13-17(29)6-11-25(23)37(26)18-7-9-19(10-8-18)39-28(30,31)32/h4-16,35H,1-3H3. The first-order chi connectivity index (χ1) is 18.6. The lowest BCUT2D eigenvalue weighted by molar-refractivity contribution is -0.274. The van der Waals surface area contributed by atoms with E-state index in [4.69, 9.17) is 14.7 Å². The fourth-order valence-electron chi connectivity index (χ4n) is 4.22. The van der Waals surface area contributed by atoms with Crippen LogP contribution >= 0.6 is 0 Å². The highest BCUT2D eigenvalue weighted by atomic mass is 19.4. The third-order valence-corrected chi connectivity index (χ3v) is 5.71. The van der Waals surface area contributed by atoms with Gasteiger partial charge in [-0.05, 0) is 74.5 Å². The molecule has 39 heavy (non-hydrogen) atoms. The molecule has 5 rings (SSSR count). The molecule has 11 heteroatoms. The molecular weight excluding hydrogens is 514 g/mol. The summed E-state index contributed by atoms with van der Waals surface area (Å²) < 4.78 is 63.5. The van der Waals surface area contributed by atoms with Crippen LogP contribution in [0.1, 0.15) is 13.8 Å². The average molecular weight is 538 g/mol. The number of methoxy groups -OCH3 is 1. The fraction of sp³-hybridized carbons (Fsp3) is 0.179. The SMILES string of the molecule is COc1ncccc1Nc1cc2nc3cc(F)ccc3n(-c3ccc(OC(F)(F)F)cc3)c-2cc1=NC(C)C. The summed E-state index contributed by atoms with van der Waals surface area (Å²) in [6.45, 7) is 3.88. The average Bonchev–Trinajstić information content (AvgIpc) is 2.87. The summed E-state index contributed by atoms with van der Waals surface area (Å²) in [5, 5.41) is 3.92. The van der Waals surface area contributed by atoms with Gasteiger partial charge in [-0.25, -0.2) is 14.4 Å². The van der Waals surface area contributed by atoms with E-state index >= 15 is 0 Å². The predicted octanol–water partition coefficient (Wildman–Crippen LogP) is 6.62. The minimum Gasteiger partial charge on any atom is -0.480 e. The number of nitrogens with zero attached hydrogens (tertiary/aromatic N) is 4. The van der Waals surface area contributed by atoms with Crippen LogP contribution in [0.15, 0.2) is 77.9 Å². The van der Waals surface area contributed by atoms with Crippen LogP contribution < -0.4 is 20.1 Å². The van der Waals surface area contributed by atoms with Crippen LogP contribution in [0.2, 0.25) is 0 Å². The van der Waals surface area contributed by atoms with E-state index in [1.807, 2.05) is 26.0 Å². The maximum Gasteiger partial charge on any atom is 0.573 e. The lowest BCUT2D eigenvalue weighted by atomic mass is 10.1. The van der Waals surface area contributed by atoms with Crippen molar-refractivity contribution in [1.29, 1.82) is 0 Å². The number of rotatable bonds is 6. The molecule has 7 nitrogen and oxygen atoms in total. The van der Waals surface area contributed by atoms with Crippen molar-refractivity contribution in [2.24, 2.45) is 4.99 Å². The smallest absolute Gasteiger partial charge is 0.480 e. The number of halogens is 4. The zero-order chi connectivity index (χ0) is 27.7. The van der Waals surface area contributed by atoms with Gasteiger partial charge in [0.1, 0.15) is 17.3 Å². The Morgan fingerprint density at radius 3 is 2.44 bits per heavy atom. The second kappa shape index (κ2) is 10.2. The van der Waals surface area contributed by atoms with Gasteiger partial charge in [0.25, 0.3) is 0 Å². The summed E-state index contributed by atoms with van der Waals surface area (Å²) in [6.07, 6.45) is -3.20. The Hall–Kier alpha value is -4.67. The summed E-state index contributed by atoms with van der Waals surface area (Å²) in [6, 6.07) is 16.7. The van der Waals surface area contributed by atoms with Gasteiger partial charge in [0, 0.05) is 24.0 Å². The van der Waals surface area contributed by atoms with Crippen LogP contribution in [0.4, 0.5) is 28.9 Å². The van der Waals surface area contributed by atoms with E-state index in [1.165, 1.54) is 43.5 Å². The van der Waals surface area contributed by atoms with Crippen molar-refractivity contribution in [2.45, 2.75) is 26.3 Å². The van der Waals surface area contributed by atoms with Crippen molar-refractivity contribution in [3.05, 3.63) is 84.1 Å². The zero-order valence-corrected chi connectivity index (χ0v) is 21.1. The van der Waals surface area contributed by atoms with E-state index in [9.17, 15) is 17.6 Å². The number of ether oxygens (including phenoxy) is 2. The first-order valence-electron chi connectivity index (χ1n) is 11.9. The third kappa shape index (κ3) is 5.62. The van der Waals surface area contributed by atoms with E-state index in [2.05, 4.69) is 15.0 Å². The fourth-order valence-corrected chi connectivity index (χ4v) is 4.22. The lowest BCUT2D eigenvalue weighted by Gasteiger charge is -2.21. The highest BCUT2D eigenvalue weighted by molar-refractivity contribution is 5.84. The molecule has 2 aliphatic rings. The second-order valence-electron chi connectivity index (χ2n) is 8.89. The number of alkyl halides is 3. The first-order valence-corrected chi connectivity index (χ1v) is 11.9. The Morgan fingerprint density at radius 2 is 1.74 bits per heavy atom. The van der Waals surface area contributed by atoms with E-state index < -0.39 is 12.2 Å². The number of hydrogen-bond acceptors (Lipinski definition) is 6. The molecule has 200 valence electrons. The number of hydrogen-bond donors (Lipinski definition) is 1. The van der Waals surface area contributed by atoms with Crippen LogP contribution in [-0.4, -0.2) is 34.0 Å². The zero-order valence-electron chi connectivity index (χ0n) is 21.1. The molecule has 0 unspecified atom stereocenters. The second-order valence-corrected chi connectivity index (χ2v) is 8.89. The minimum atomic E-state index is -4.81. The monoisotopic (exact) mass is 537 g/mol. The van der Waals surface area contributed by atoms with Crippen molar-refractivity contribution in [1.82, 2.24) is 14.5 Å². The molecule has 0 spiro atoms. The molecule has 0 saturated heterocycles. The normalized spacial score (nSPS) is 12.4. The van der Waals surface area contributed by atoms with Crippen LogP contribution in [0.5, 0.6) is 11.6 Å². The van der Waals surface area contributed by atoms with Gasteiger partial charge in [-0.2, -0.15) is 0 Å². The molecule has 0 radical (unpaired) electrons. The van der Waals surface area contributed by atoms with Crippen molar-refractivity contribution >= 4 is 22.4 Å². The van der Waals surface area contributed by atoms with Gasteiger partial charge >= 0.3 is 6.36 Å². The molecule has 2 heterocycles. The minimum absolute atomic E-state index is 0.0615. The Labute approximate surface area is 220 Å². The van der Waals surface area contributed by atoms with E-state index in [-0.39, 0.29) is 11.8 Å². The topological polar surface area (TPSA) is 73.6 Å². The van der Waals surface area contributed by atoms with Gasteiger partial charge in [-0.3, -0.25) is 4.99 Å². The molecule has 1 aliphatic carbocycles. The summed E-state index contributed by atoms with van der Waals surface area (Å²) in [7, 11) is 1.52. The van der Waals surface area contributed by atoms with Crippen LogP contribution in [0, 0.1) is 5.82 Å². The molecule has 0 fully saturated rings. The molecule has 2 aromatic carbocycles. The molecule has 0 amide bonds. The van der Waals surface area contributed by atoms with Crippen LogP contribution in [0.3, 0.4) is 0 Å². The van der Waals surface area contributed by atoms with Crippen molar-refractivity contribution in [2.75, 3.05) is 12.4 Å². The summed E-state index contributed by atoms with van der Waals surface area (Å²) in [5.41, 5.74) is 3.78. The Morgan fingerprint density at radius 1 is 0.974 bits per heavy atom. The molecule has 1 N–H and O–H groups in total. The maximum atomic E-state index is 14.2. The summed E-state index contributed by atoms with van der Waals surface area (Å²) in [4.78, 5) is 13.7. The van der Waals surface area contributed by atoms with Crippen molar-refractivity contribution in [3.63, 3.8) is 0 Å². The summed E-state index contributed by atoms with van der Waals surface area (Å²) >= 11 is 0. The van der Waals surface area contributed by atoms with E-state index in [0.717, 1.165) is 0 Å². The number of fused-ring (bicyclic) bond motifs is 2. The number of benzene rings is 3. The highest BCUT2D eigenvalue weighted by Crippen LogP contribution is 2.33. The third-order valence-electron chi connectivity index (χ3n) is 5.71. The number of anilines is 2. The molecule has 3 aromatic rings. The maximum absolute atomic E-state index is 14.2. The number of nitrogens with one attached hydrogen (secondary N) is 1. The molecule has 1 aliphatic heterocycles. The van der Waals surface area contributed by atoms with Gasteiger partial charge in [0.15, 0.2) is 0 Å². The van der Waals surface area contributed by atoms with E-state index in [1.54, 1.807) is 29.0 Å². The predicted molar refractivity (Wildman–Crippen MR) is 139 cm³/mol. The molecule has 0 bridgehead atoms. The highest BCUT2D eigenvalue weighted by Gasteiger charge is 2.31. The Bertz CT molecular complexity index is 1680. The first kappa shape index (κ1) is 26.0. The largest absolute Gasteiger partial charge is 0.573 e. The quantitative estimate of drug-likeness (QED) is 0.195. The van der Waals surface area contributed by atoms with Crippen molar-refractivity contribution in [3.8, 4) is 28.7 Å². The van der Waals surface area contributed by atoms with Crippen LogP contribution in [-0.2, 0) is 0 Å². The number of aromatic nitrogens is 3. The summed E-state index contributed by atoms with van der Waals surface area (Å²) in [5.74, 6) is -0.439. The van der Waals surface area contributed by atoms with Crippen LogP contribution in [0.25, 0.3) is 28.1 Å². The van der Waals surface area contributed by atoms with E-state index in [0.29, 0.717) is 50.7 Å². The van der Waals surface area contributed by atoms with Gasteiger partial charge in [-0.1, -0.05) is 0 Å². The molecule has 0 saturated carbocycles. The molecule has 1 aromatic heterocycles. The Balaban J connectivity index is 1.76. The lowest BCUT2D eigenvalue weighted by Crippen LogP contribution is -2.17.